The Kier molecular flexibility index (Phi) is 7.06. The van der Waals surface area contributed by atoms with Gasteiger partial charge in [-0.2, -0.15) is 0 Å². The van der Waals surface area contributed by atoms with Gasteiger partial charge in [0.25, 0.3) is 0 Å². The molecule has 1 aromatic rings. The molecule has 100 valence electrons. The Labute approximate surface area is 108 Å². The summed E-state index contributed by atoms with van der Waals surface area (Å²) in [7, 11) is 0. The van der Waals surface area contributed by atoms with Crippen LogP contribution in [0.25, 0.3) is 0 Å². The molecule has 1 amide bonds. The molecule has 0 aliphatic rings. The number of amides is 1. The quantitative estimate of drug-likeness (QED) is 0.600. The number of rotatable bonds is 8. The van der Waals surface area contributed by atoms with Gasteiger partial charge in [-0.25, -0.2) is 0 Å². The van der Waals surface area contributed by atoms with Crippen molar-refractivity contribution in [3.63, 3.8) is 0 Å². The predicted molar refractivity (Wildman–Crippen MR) is 70.1 cm³/mol. The molecule has 1 aromatic carbocycles. The van der Waals surface area contributed by atoms with E-state index in [1.54, 1.807) is 0 Å². The summed E-state index contributed by atoms with van der Waals surface area (Å²) in [6, 6.07) is 9.51. The first-order valence-electron chi connectivity index (χ1n) is 6.31. The third kappa shape index (κ3) is 5.80. The lowest BCUT2D eigenvalue weighted by molar-refractivity contribution is -0.122. The van der Waals surface area contributed by atoms with Crippen LogP contribution < -0.4 is 5.32 Å². The van der Waals surface area contributed by atoms with Crippen LogP contribution in [0.4, 0.5) is 0 Å². The van der Waals surface area contributed by atoms with E-state index in [2.05, 4.69) is 5.32 Å². The van der Waals surface area contributed by atoms with Crippen molar-refractivity contribution in [3.05, 3.63) is 35.9 Å². The van der Waals surface area contributed by atoms with Crippen LogP contribution in [0.2, 0.25) is 0 Å². The van der Waals surface area contributed by atoms with E-state index in [1.807, 2.05) is 30.3 Å². The fourth-order valence-electron chi connectivity index (χ4n) is 1.76. The Morgan fingerprint density at radius 1 is 1.17 bits per heavy atom. The Morgan fingerprint density at radius 2 is 1.89 bits per heavy atom. The molecule has 0 saturated carbocycles. The molecule has 3 N–H and O–H groups in total. The van der Waals surface area contributed by atoms with Crippen molar-refractivity contribution >= 4 is 5.91 Å². The Hall–Kier alpha value is -1.39. The molecule has 4 nitrogen and oxygen atoms in total. The third-order valence-corrected chi connectivity index (χ3v) is 2.72. The lowest BCUT2D eigenvalue weighted by Crippen LogP contribution is -2.38. The first kappa shape index (κ1) is 14.7. The van der Waals surface area contributed by atoms with Gasteiger partial charge in [-0.05, 0) is 24.8 Å². The minimum Gasteiger partial charge on any atom is -0.396 e. The second-order valence-corrected chi connectivity index (χ2v) is 4.32. The van der Waals surface area contributed by atoms with Crippen LogP contribution in [0.1, 0.15) is 24.8 Å². The molecule has 0 heterocycles. The molecule has 4 heteroatoms. The average molecular weight is 251 g/mol. The van der Waals surface area contributed by atoms with E-state index in [-0.39, 0.29) is 25.2 Å². The highest BCUT2D eigenvalue weighted by Gasteiger charge is 2.11. The zero-order valence-corrected chi connectivity index (χ0v) is 10.5. The monoisotopic (exact) mass is 251 g/mol. The van der Waals surface area contributed by atoms with Gasteiger partial charge in [0.05, 0.1) is 12.6 Å². The number of unbranched alkanes of at least 4 members (excludes halogenated alkanes) is 1. The Bertz CT molecular complexity index is 340. The van der Waals surface area contributed by atoms with Crippen molar-refractivity contribution < 1.29 is 15.0 Å². The number of aliphatic hydroxyl groups is 2. The molecule has 18 heavy (non-hydrogen) atoms. The normalized spacial score (nSPS) is 12.1. The van der Waals surface area contributed by atoms with Crippen LogP contribution in [0, 0.1) is 0 Å². The Balaban J connectivity index is 2.35. The van der Waals surface area contributed by atoms with Gasteiger partial charge >= 0.3 is 0 Å². The minimum absolute atomic E-state index is 0.0688. The van der Waals surface area contributed by atoms with E-state index in [1.165, 1.54) is 0 Å². The van der Waals surface area contributed by atoms with E-state index in [4.69, 9.17) is 5.11 Å². The topological polar surface area (TPSA) is 69.6 Å². The number of hydrogen-bond donors (Lipinski definition) is 3. The van der Waals surface area contributed by atoms with Gasteiger partial charge in [0.15, 0.2) is 0 Å². The lowest BCUT2D eigenvalue weighted by Gasteiger charge is -2.16. The average Bonchev–Trinajstić information content (AvgIpc) is 2.39. The zero-order valence-electron chi connectivity index (χ0n) is 10.5. The highest BCUT2D eigenvalue weighted by atomic mass is 16.3. The second kappa shape index (κ2) is 8.66. The van der Waals surface area contributed by atoms with E-state index < -0.39 is 0 Å². The number of carbonyl (C=O) groups is 1. The molecule has 0 bridgehead atoms. The number of carbonyl (C=O) groups excluding carboxylic acids is 1. The van der Waals surface area contributed by atoms with Crippen molar-refractivity contribution in [3.8, 4) is 0 Å². The summed E-state index contributed by atoms with van der Waals surface area (Å²) in [5.74, 6) is -0.0709. The molecule has 0 fully saturated rings. The van der Waals surface area contributed by atoms with Gasteiger partial charge in [0, 0.05) is 13.0 Å². The fraction of sp³-hybridized carbons (Fsp3) is 0.500. The van der Waals surface area contributed by atoms with Gasteiger partial charge in [0.1, 0.15) is 0 Å². The van der Waals surface area contributed by atoms with Gasteiger partial charge in [-0.15, -0.1) is 0 Å². The van der Waals surface area contributed by atoms with Crippen LogP contribution in [0.3, 0.4) is 0 Å². The van der Waals surface area contributed by atoms with Gasteiger partial charge in [-0.1, -0.05) is 30.3 Å². The molecule has 0 radical (unpaired) electrons. The summed E-state index contributed by atoms with van der Waals surface area (Å²) in [5, 5.41) is 20.7. The second-order valence-electron chi connectivity index (χ2n) is 4.32. The van der Waals surface area contributed by atoms with Crippen LogP contribution in [-0.4, -0.2) is 35.4 Å². The van der Waals surface area contributed by atoms with Gasteiger partial charge in [-0.3, -0.25) is 4.79 Å². The maximum absolute atomic E-state index is 11.6. The van der Waals surface area contributed by atoms with Crippen LogP contribution >= 0.6 is 0 Å². The van der Waals surface area contributed by atoms with Crippen molar-refractivity contribution in [1.29, 1.82) is 0 Å². The summed E-state index contributed by atoms with van der Waals surface area (Å²) < 4.78 is 0. The van der Waals surface area contributed by atoms with E-state index in [0.29, 0.717) is 25.7 Å². The summed E-state index contributed by atoms with van der Waals surface area (Å²) in [6.45, 7) is 0.0430. The minimum atomic E-state index is -0.242. The number of hydrogen-bond acceptors (Lipinski definition) is 3. The van der Waals surface area contributed by atoms with Crippen molar-refractivity contribution in [2.75, 3.05) is 13.2 Å². The molecule has 1 atom stereocenters. The van der Waals surface area contributed by atoms with Crippen LogP contribution in [-0.2, 0) is 11.2 Å². The van der Waals surface area contributed by atoms with Crippen molar-refractivity contribution in [2.24, 2.45) is 0 Å². The lowest BCUT2D eigenvalue weighted by atomic mass is 10.1. The Morgan fingerprint density at radius 3 is 2.50 bits per heavy atom. The third-order valence-electron chi connectivity index (χ3n) is 2.72. The summed E-state index contributed by atoms with van der Waals surface area (Å²) in [4.78, 5) is 11.6. The maximum Gasteiger partial charge on any atom is 0.220 e. The first-order chi connectivity index (χ1) is 8.76. The molecule has 1 rings (SSSR count). The summed E-state index contributed by atoms with van der Waals surface area (Å²) in [5.41, 5.74) is 1.09. The molecule has 0 aliphatic heterocycles. The van der Waals surface area contributed by atoms with E-state index in [9.17, 15) is 9.90 Å². The molecule has 1 unspecified atom stereocenters. The van der Waals surface area contributed by atoms with E-state index in [0.717, 1.165) is 5.56 Å². The highest BCUT2D eigenvalue weighted by Crippen LogP contribution is 2.03. The maximum atomic E-state index is 11.6. The molecular weight excluding hydrogens is 230 g/mol. The largest absolute Gasteiger partial charge is 0.396 e. The standard InChI is InChI=1S/C14H21NO3/c16-9-5-4-8-14(18)15-13(11-17)10-12-6-2-1-3-7-12/h1-3,6-7,13,16-17H,4-5,8-11H2,(H,15,18). The van der Waals surface area contributed by atoms with Crippen molar-refractivity contribution in [1.82, 2.24) is 5.32 Å². The zero-order chi connectivity index (χ0) is 13.2. The van der Waals surface area contributed by atoms with Crippen molar-refractivity contribution in [2.45, 2.75) is 31.7 Å². The molecular formula is C14H21NO3. The summed E-state index contributed by atoms with van der Waals surface area (Å²) in [6.07, 6.45) is 2.33. The first-order valence-corrected chi connectivity index (χ1v) is 6.31. The van der Waals surface area contributed by atoms with E-state index >= 15 is 0 Å². The van der Waals surface area contributed by atoms with Crippen LogP contribution in [0.5, 0.6) is 0 Å². The number of aliphatic hydroxyl groups excluding tert-OH is 2. The smallest absolute Gasteiger partial charge is 0.220 e. The summed E-state index contributed by atoms with van der Waals surface area (Å²) >= 11 is 0. The highest BCUT2D eigenvalue weighted by molar-refractivity contribution is 5.76. The molecule has 0 aliphatic carbocycles. The van der Waals surface area contributed by atoms with Crippen LogP contribution in [0.15, 0.2) is 30.3 Å². The fourth-order valence-corrected chi connectivity index (χ4v) is 1.76. The number of nitrogens with one attached hydrogen (secondary N) is 1. The SMILES string of the molecule is O=C(CCCCO)NC(CO)Cc1ccccc1. The number of benzene rings is 1. The predicted octanol–water partition coefficient (Wildman–Crippen LogP) is 0.869. The molecule has 0 spiro atoms. The molecule has 0 aromatic heterocycles. The van der Waals surface area contributed by atoms with Gasteiger partial charge in [0.2, 0.25) is 5.91 Å². The van der Waals surface area contributed by atoms with Gasteiger partial charge < -0.3 is 15.5 Å². The molecule has 0 saturated heterocycles.